The van der Waals surface area contributed by atoms with Crippen molar-refractivity contribution in [1.29, 1.82) is 0 Å². The molecule has 0 spiro atoms. The summed E-state index contributed by atoms with van der Waals surface area (Å²) in [4.78, 5) is 0. The van der Waals surface area contributed by atoms with Gasteiger partial charge in [0.2, 0.25) is 0 Å². The third kappa shape index (κ3) is 3.06. The predicted molar refractivity (Wildman–Crippen MR) is 71.5 cm³/mol. The van der Waals surface area contributed by atoms with E-state index >= 15 is 0 Å². The Labute approximate surface area is 106 Å². The molecule has 1 aromatic rings. The van der Waals surface area contributed by atoms with Crippen molar-refractivity contribution in [2.24, 2.45) is 0 Å². The van der Waals surface area contributed by atoms with Gasteiger partial charge in [-0.3, -0.25) is 0 Å². The molecule has 88 valence electrons. The van der Waals surface area contributed by atoms with Gasteiger partial charge in [0.25, 0.3) is 0 Å². The van der Waals surface area contributed by atoms with Gasteiger partial charge >= 0.3 is 0 Å². The van der Waals surface area contributed by atoms with Crippen LogP contribution < -0.4 is 5.32 Å². The van der Waals surface area contributed by atoms with Crippen molar-refractivity contribution in [3.63, 3.8) is 0 Å². The minimum absolute atomic E-state index is 0.405. The average molecular weight is 258 g/mol. The maximum atomic E-state index is 6.16. The lowest BCUT2D eigenvalue weighted by Crippen LogP contribution is -2.19. The zero-order valence-corrected chi connectivity index (χ0v) is 10.9. The number of halogens is 1. The number of hydrogen-bond donors (Lipinski definition) is 1. The molecule has 1 aliphatic rings. The highest BCUT2D eigenvalue weighted by molar-refractivity contribution is 7.97. The Bertz CT molecular complexity index is 353. The van der Waals surface area contributed by atoms with E-state index in [1.54, 1.807) is 0 Å². The lowest BCUT2D eigenvalue weighted by atomic mass is 10.2. The zero-order chi connectivity index (χ0) is 11.4. The molecule has 1 aliphatic heterocycles. The number of thioether (sulfide) groups is 1. The number of nitrogens with one attached hydrogen (secondary N) is 1. The van der Waals surface area contributed by atoms with E-state index in [1.807, 2.05) is 17.8 Å². The fourth-order valence-corrected chi connectivity index (χ4v) is 2.49. The van der Waals surface area contributed by atoms with E-state index in [2.05, 4.69) is 23.7 Å². The van der Waals surface area contributed by atoms with Gasteiger partial charge in [-0.25, -0.2) is 0 Å². The van der Waals surface area contributed by atoms with E-state index < -0.39 is 0 Å². The zero-order valence-electron chi connectivity index (χ0n) is 9.33. The van der Waals surface area contributed by atoms with Crippen LogP contribution in [0, 0.1) is 0 Å². The Morgan fingerprint density at radius 1 is 1.56 bits per heavy atom. The number of hydrogen-bond acceptors (Lipinski definition) is 3. The Kier molecular flexibility index (Phi) is 4.38. The molecule has 2 rings (SSSR count). The van der Waals surface area contributed by atoms with Gasteiger partial charge < -0.3 is 10.1 Å². The first-order valence-electron chi connectivity index (χ1n) is 5.41. The van der Waals surface area contributed by atoms with Gasteiger partial charge in [0.15, 0.2) is 0 Å². The third-order valence-corrected chi connectivity index (χ3v) is 3.58. The molecule has 0 amide bonds. The number of ether oxygens (including phenoxy) is 1. The van der Waals surface area contributed by atoms with Gasteiger partial charge in [0.1, 0.15) is 0 Å². The monoisotopic (exact) mass is 257 g/mol. The van der Waals surface area contributed by atoms with Gasteiger partial charge in [0.05, 0.1) is 23.4 Å². The smallest absolute Gasteiger partial charge is 0.0668 e. The lowest BCUT2D eigenvalue weighted by Gasteiger charge is -2.14. The lowest BCUT2D eigenvalue weighted by molar-refractivity contribution is 0.195. The maximum absolute atomic E-state index is 6.16. The highest BCUT2D eigenvalue weighted by Crippen LogP contribution is 2.26. The molecular formula is C12H16ClNOS. The Balaban J connectivity index is 2.08. The van der Waals surface area contributed by atoms with E-state index in [9.17, 15) is 0 Å². The molecule has 1 heterocycles. The molecule has 0 bridgehead atoms. The Morgan fingerprint density at radius 2 is 2.44 bits per heavy atom. The summed E-state index contributed by atoms with van der Waals surface area (Å²) in [6.07, 6.45) is 3.16. The summed E-state index contributed by atoms with van der Waals surface area (Å²) in [7, 11) is 0. The van der Waals surface area contributed by atoms with Crippen molar-refractivity contribution in [1.82, 2.24) is 0 Å². The molecule has 1 N–H and O–H groups in total. The van der Waals surface area contributed by atoms with Crippen LogP contribution >= 0.6 is 23.4 Å². The van der Waals surface area contributed by atoms with Crippen LogP contribution in [0.3, 0.4) is 0 Å². The molecule has 4 heteroatoms. The fraction of sp³-hybridized carbons (Fsp3) is 0.500. The van der Waals surface area contributed by atoms with Crippen molar-refractivity contribution < 1.29 is 4.74 Å². The second-order valence-corrected chi connectivity index (χ2v) is 5.23. The van der Waals surface area contributed by atoms with Crippen LogP contribution in [0.15, 0.2) is 18.2 Å². The summed E-state index contributed by atoms with van der Waals surface area (Å²) in [6, 6.07) is 6.58. The van der Waals surface area contributed by atoms with E-state index in [4.69, 9.17) is 16.3 Å². The Morgan fingerprint density at radius 3 is 3.12 bits per heavy atom. The van der Waals surface area contributed by atoms with E-state index in [0.717, 1.165) is 36.1 Å². The minimum atomic E-state index is 0.405. The summed E-state index contributed by atoms with van der Waals surface area (Å²) in [5, 5.41) is 4.23. The summed E-state index contributed by atoms with van der Waals surface area (Å²) >= 11 is 7.98. The molecule has 0 aliphatic carbocycles. The largest absolute Gasteiger partial charge is 0.379 e. The van der Waals surface area contributed by atoms with Gasteiger partial charge in [-0.1, -0.05) is 17.7 Å². The molecule has 1 unspecified atom stereocenters. The van der Waals surface area contributed by atoms with Gasteiger partial charge in [0, 0.05) is 12.4 Å². The van der Waals surface area contributed by atoms with Crippen LogP contribution in [0.5, 0.6) is 0 Å². The molecule has 0 saturated carbocycles. The standard InChI is InChI=1S/C12H16ClNOS/c1-16-8-9-2-3-11(13)12(6-9)14-10-4-5-15-7-10/h2-3,6,10,14H,4-5,7-8H2,1H3. The quantitative estimate of drug-likeness (QED) is 0.893. The second kappa shape index (κ2) is 5.80. The molecular weight excluding hydrogens is 242 g/mol. The van der Waals surface area contributed by atoms with Crippen molar-refractivity contribution in [3.05, 3.63) is 28.8 Å². The van der Waals surface area contributed by atoms with Crippen LogP contribution in [0.4, 0.5) is 5.69 Å². The first-order valence-corrected chi connectivity index (χ1v) is 7.18. The second-order valence-electron chi connectivity index (χ2n) is 3.95. The molecule has 1 saturated heterocycles. The first kappa shape index (κ1) is 12.1. The average Bonchev–Trinajstić information content (AvgIpc) is 2.76. The number of anilines is 1. The maximum Gasteiger partial charge on any atom is 0.0668 e. The topological polar surface area (TPSA) is 21.3 Å². The van der Waals surface area contributed by atoms with E-state index in [-0.39, 0.29) is 0 Å². The molecule has 0 aromatic heterocycles. The van der Waals surface area contributed by atoms with Crippen LogP contribution in [0.1, 0.15) is 12.0 Å². The summed E-state index contributed by atoms with van der Waals surface area (Å²) in [5.41, 5.74) is 2.34. The molecule has 0 radical (unpaired) electrons. The number of benzene rings is 1. The van der Waals surface area contributed by atoms with Crippen LogP contribution in [-0.2, 0) is 10.5 Å². The highest BCUT2D eigenvalue weighted by atomic mass is 35.5. The van der Waals surface area contributed by atoms with Crippen molar-refractivity contribution in [3.8, 4) is 0 Å². The molecule has 1 aromatic carbocycles. The van der Waals surface area contributed by atoms with Gasteiger partial charge in [-0.15, -0.1) is 0 Å². The normalized spacial score (nSPS) is 20.0. The van der Waals surface area contributed by atoms with Crippen LogP contribution in [0.25, 0.3) is 0 Å². The molecule has 1 fully saturated rings. The van der Waals surface area contributed by atoms with Crippen LogP contribution in [0.2, 0.25) is 5.02 Å². The highest BCUT2D eigenvalue weighted by Gasteiger charge is 2.16. The molecule has 2 nitrogen and oxygen atoms in total. The van der Waals surface area contributed by atoms with E-state index in [0.29, 0.717) is 6.04 Å². The van der Waals surface area contributed by atoms with Crippen molar-refractivity contribution in [2.45, 2.75) is 18.2 Å². The van der Waals surface area contributed by atoms with Crippen LogP contribution in [-0.4, -0.2) is 25.5 Å². The van der Waals surface area contributed by atoms with Crippen molar-refractivity contribution >= 4 is 29.1 Å². The summed E-state index contributed by atoms with van der Waals surface area (Å²) in [6.45, 7) is 1.63. The van der Waals surface area contributed by atoms with Crippen molar-refractivity contribution in [2.75, 3.05) is 24.8 Å². The predicted octanol–water partition coefficient (Wildman–Crippen LogP) is 3.40. The third-order valence-electron chi connectivity index (χ3n) is 2.63. The molecule has 1 atom stereocenters. The first-order chi connectivity index (χ1) is 7.79. The van der Waals surface area contributed by atoms with E-state index in [1.165, 1.54) is 5.56 Å². The fourth-order valence-electron chi connectivity index (χ4n) is 1.81. The number of rotatable bonds is 4. The van der Waals surface area contributed by atoms with Gasteiger partial charge in [-0.2, -0.15) is 11.8 Å². The Hall–Kier alpha value is -0.380. The van der Waals surface area contributed by atoms with Gasteiger partial charge in [-0.05, 0) is 30.4 Å². The summed E-state index contributed by atoms with van der Waals surface area (Å²) in [5.74, 6) is 1.02. The molecule has 16 heavy (non-hydrogen) atoms. The minimum Gasteiger partial charge on any atom is -0.379 e. The summed E-state index contributed by atoms with van der Waals surface area (Å²) < 4.78 is 5.34. The SMILES string of the molecule is CSCc1ccc(Cl)c(NC2CCOC2)c1.